The number of amides is 1. The lowest BCUT2D eigenvalue weighted by atomic mass is 9.77. The average Bonchev–Trinajstić information content (AvgIpc) is 2.48. The molecule has 0 bridgehead atoms. The van der Waals surface area contributed by atoms with Crippen molar-refractivity contribution in [3.63, 3.8) is 0 Å². The van der Waals surface area contributed by atoms with Gasteiger partial charge in [0.15, 0.2) is 11.5 Å². The minimum Gasteiger partial charge on any atom is -0.493 e. The van der Waals surface area contributed by atoms with Crippen molar-refractivity contribution in [2.75, 3.05) is 25.6 Å². The van der Waals surface area contributed by atoms with Crippen LogP contribution in [0.15, 0.2) is 18.2 Å². The third kappa shape index (κ3) is 3.71. The van der Waals surface area contributed by atoms with Crippen molar-refractivity contribution in [1.29, 1.82) is 0 Å². The van der Waals surface area contributed by atoms with Crippen LogP contribution in [0, 0.1) is 5.41 Å². The van der Waals surface area contributed by atoms with Crippen molar-refractivity contribution in [1.82, 2.24) is 5.32 Å². The summed E-state index contributed by atoms with van der Waals surface area (Å²) in [6.07, 6.45) is 2.15. The van der Waals surface area contributed by atoms with Crippen LogP contribution in [-0.4, -0.2) is 32.2 Å². The SMILES string of the molecule is CCOc1ccc(NC(=O)C2NCCCC2(C)C)cc1OC. The molecule has 2 rings (SSSR count). The third-order valence-electron chi connectivity index (χ3n) is 4.12. The summed E-state index contributed by atoms with van der Waals surface area (Å²) in [7, 11) is 1.59. The Kier molecular flexibility index (Phi) is 5.29. The molecule has 122 valence electrons. The first-order valence-electron chi connectivity index (χ1n) is 7.83. The second-order valence-corrected chi connectivity index (χ2v) is 6.27. The van der Waals surface area contributed by atoms with Gasteiger partial charge in [-0.2, -0.15) is 0 Å². The van der Waals surface area contributed by atoms with E-state index in [0.29, 0.717) is 23.8 Å². The summed E-state index contributed by atoms with van der Waals surface area (Å²) in [4.78, 5) is 12.5. The van der Waals surface area contributed by atoms with Crippen molar-refractivity contribution in [3.05, 3.63) is 18.2 Å². The highest BCUT2D eigenvalue weighted by Crippen LogP contribution is 2.33. The molecule has 1 fully saturated rings. The fourth-order valence-electron chi connectivity index (χ4n) is 2.89. The number of piperidine rings is 1. The molecule has 0 spiro atoms. The monoisotopic (exact) mass is 306 g/mol. The highest BCUT2D eigenvalue weighted by Gasteiger charge is 2.37. The summed E-state index contributed by atoms with van der Waals surface area (Å²) in [6, 6.07) is 5.26. The minimum atomic E-state index is -0.182. The largest absolute Gasteiger partial charge is 0.493 e. The lowest BCUT2D eigenvalue weighted by molar-refractivity contribution is -0.121. The van der Waals surface area contributed by atoms with Gasteiger partial charge in [0.1, 0.15) is 0 Å². The van der Waals surface area contributed by atoms with Crippen LogP contribution in [0.25, 0.3) is 0 Å². The van der Waals surface area contributed by atoms with Crippen molar-refractivity contribution in [3.8, 4) is 11.5 Å². The van der Waals surface area contributed by atoms with Gasteiger partial charge in [0.05, 0.1) is 19.8 Å². The molecule has 1 heterocycles. The molecular formula is C17H26N2O3. The first kappa shape index (κ1) is 16.6. The molecule has 22 heavy (non-hydrogen) atoms. The molecular weight excluding hydrogens is 280 g/mol. The molecule has 1 unspecified atom stereocenters. The van der Waals surface area contributed by atoms with Crippen LogP contribution in [0.5, 0.6) is 11.5 Å². The molecule has 1 aromatic rings. The van der Waals surface area contributed by atoms with Gasteiger partial charge in [-0.1, -0.05) is 13.8 Å². The van der Waals surface area contributed by atoms with Gasteiger partial charge in [-0.15, -0.1) is 0 Å². The van der Waals surface area contributed by atoms with E-state index in [4.69, 9.17) is 9.47 Å². The summed E-state index contributed by atoms with van der Waals surface area (Å²) >= 11 is 0. The van der Waals surface area contributed by atoms with Crippen molar-refractivity contribution in [2.45, 2.75) is 39.7 Å². The molecule has 0 aromatic heterocycles. The van der Waals surface area contributed by atoms with Crippen LogP contribution >= 0.6 is 0 Å². The molecule has 0 radical (unpaired) electrons. The molecule has 1 amide bonds. The second-order valence-electron chi connectivity index (χ2n) is 6.27. The molecule has 2 N–H and O–H groups in total. The smallest absolute Gasteiger partial charge is 0.242 e. The fraction of sp³-hybridized carbons (Fsp3) is 0.588. The molecule has 1 aliphatic rings. The molecule has 1 aliphatic heterocycles. The third-order valence-corrected chi connectivity index (χ3v) is 4.12. The van der Waals surface area contributed by atoms with E-state index in [1.807, 2.05) is 19.1 Å². The maximum absolute atomic E-state index is 12.5. The van der Waals surface area contributed by atoms with Gasteiger partial charge in [0, 0.05) is 11.8 Å². The van der Waals surface area contributed by atoms with Crippen LogP contribution in [-0.2, 0) is 4.79 Å². The predicted molar refractivity (Wildman–Crippen MR) is 87.6 cm³/mol. The maximum Gasteiger partial charge on any atom is 0.242 e. The van der Waals surface area contributed by atoms with Gasteiger partial charge in [-0.05, 0) is 43.9 Å². The Hall–Kier alpha value is -1.75. The first-order chi connectivity index (χ1) is 10.5. The summed E-state index contributed by atoms with van der Waals surface area (Å²) in [6.45, 7) is 7.63. The van der Waals surface area contributed by atoms with E-state index >= 15 is 0 Å². The number of anilines is 1. The molecule has 1 atom stereocenters. The number of carbonyl (C=O) groups excluding carboxylic acids is 1. The predicted octanol–water partition coefficient (Wildman–Crippen LogP) is 2.81. The number of ether oxygens (including phenoxy) is 2. The van der Waals surface area contributed by atoms with E-state index in [1.54, 1.807) is 13.2 Å². The Bertz CT molecular complexity index is 529. The van der Waals surface area contributed by atoms with Crippen molar-refractivity contribution >= 4 is 11.6 Å². The fourth-order valence-corrected chi connectivity index (χ4v) is 2.89. The minimum absolute atomic E-state index is 0.00378. The van der Waals surface area contributed by atoms with Gasteiger partial charge in [-0.25, -0.2) is 0 Å². The van der Waals surface area contributed by atoms with Crippen LogP contribution in [0.3, 0.4) is 0 Å². The highest BCUT2D eigenvalue weighted by atomic mass is 16.5. The average molecular weight is 306 g/mol. The Morgan fingerprint density at radius 2 is 2.18 bits per heavy atom. The second kappa shape index (κ2) is 7.01. The molecule has 0 saturated carbocycles. The van der Waals surface area contributed by atoms with E-state index in [9.17, 15) is 4.79 Å². The lowest BCUT2D eigenvalue weighted by Crippen LogP contribution is -2.53. The normalized spacial score (nSPS) is 20.3. The van der Waals surface area contributed by atoms with E-state index in [1.165, 1.54) is 0 Å². The van der Waals surface area contributed by atoms with E-state index in [0.717, 1.165) is 19.4 Å². The Balaban J connectivity index is 2.11. The van der Waals surface area contributed by atoms with Crippen LogP contribution in [0.1, 0.15) is 33.6 Å². The van der Waals surface area contributed by atoms with Crippen LogP contribution < -0.4 is 20.1 Å². The van der Waals surface area contributed by atoms with Crippen LogP contribution in [0.4, 0.5) is 5.69 Å². The summed E-state index contributed by atoms with van der Waals surface area (Å²) in [5.74, 6) is 1.30. The zero-order valence-electron chi connectivity index (χ0n) is 13.9. The van der Waals surface area contributed by atoms with E-state index in [2.05, 4.69) is 24.5 Å². The zero-order chi connectivity index (χ0) is 16.2. The molecule has 0 aliphatic carbocycles. The van der Waals surface area contributed by atoms with Gasteiger partial charge in [0.25, 0.3) is 0 Å². The van der Waals surface area contributed by atoms with E-state index < -0.39 is 0 Å². The number of carbonyl (C=O) groups is 1. The zero-order valence-corrected chi connectivity index (χ0v) is 13.9. The molecule has 5 heteroatoms. The number of benzene rings is 1. The van der Waals surface area contributed by atoms with Crippen molar-refractivity contribution < 1.29 is 14.3 Å². The molecule has 1 saturated heterocycles. The summed E-state index contributed by atoms with van der Waals surface area (Å²) < 4.78 is 10.8. The lowest BCUT2D eigenvalue weighted by Gasteiger charge is -2.38. The van der Waals surface area contributed by atoms with Crippen molar-refractivity contribution in [2.24, 2.45) is 5.41 Å². The summed E-state index contributed by atoms with van der Waals surface area (Å²) in [5, 5.41) is 6.30. The van der Waals surface area contributed by atoms with Gasteiger partial charge < -0.3 is 20.1 Å². The molecule has 5 nitrogen and oxygen atoms in total. The quantitative estimate of drug-likeness (QED) is 0.878. The number of nitrogens with one attached hydrogen (secondary N) is 2. The van der Waals surface area contributed by atoms with Gasteiger partial charge >= 0.3 is 0 Å². The van der Waals surface area contributed by atoms with Gasteiger partial charge in [0.2, 0.25) is 5.91 Å². The Morgan fingerprint density at radius 3 is 2.82 bits per heavy atom. The maximum atomic E-state index is 12.5. The number of rotatable bonds is 5. The number of hydrogen-bond donors (Lipinski definition) is 2. The number of hydrogen-bond acceptors (Lipinski definition) is 4. The number of methoxy groups -OCH3 is 1. The first-order valence-corrected chi connectivity index (χ1v) is 7.83. The molecule has 1 aromatic carbocycles. The van der Waals surface area contributed by atoms with E-state index in [-0.39, 0.29) is 17.4 Å². The van der Waals surface area contributed by atoms with Crippen LogP contribution in [0.2, 0.25) is 0 Å². The highest BCUT2D eigenvalue weighted by molar-refractivity contribution is 5.95. The standard InChI is InChI=1S/C17H26N2O3/c1-5-22-13-8-7-12(11-14(13)21-4)19-16(20)15-17(2,3)9-6-10-18-15/h7-8,11,15,18H,5-6,9-10H2,1-4H3,(H,19,20). The summed E-state index contributed by atoms with van der Waals surface area (Å²) in [5.41, 5.74) is 0.672. The Morgan fingerprint density at radius 1 is 1.41 bits per heavy atom. The Labute approximate surface area is 132 Å². The topological polar surface area (TPSA) is 59.6 Å². The van der Waals surface area contributed by atoms with Gasteiger partial charge in [-0.3, -0.25) is 4.79 Å².